The highest BCUT2D eigenvalue weighted by atomic mass is 32.2. The predicted molar refractivity (Wildman–Crippen MR) is 110 cm³/mol. The first-order valence-electron chi connectivity index (χ1n) is 10.6. The molecular formula is C21H29F2N3O4S. The topological polar surface area (TPSA) is 86.8 Å². The summed E-state index contributed by atoms with van der Waals surface area (Å²) in [5.74, 6) is -2.24. The molecule has 0 aliphatic carbocycles. The molecule has 2 aliphatic rings. The van der Waals surface area contributed by atoms with Crippen molar-refractivity contribution >= 4 is 21.8 Å². The second-order valence-electron chi connectivity index (χ2n) is 8.52. The Bertz CT molecular complexity index is 923. The van der Waals surface area contributed by atoms with E-state index in [1.165, 1.54) is 0 Å². The Morgan fingerprint density at radius 3 is 2.16 bits per heavy atom. The molecule has 2 saturated heterocycles. The van der Waals surface area contributed by atoms with Crippen LogP contribution in [-0.2, 0) is 19.6 Å². The summed E-state index contributed by atoms with van der Waals surface area (Å²) in [5.41, 5.74) is 0. The van der Waals surface area contributed by atoms with Crippen LogP contribution in [0.5, 0.6) is 0 Å². The Hall–Kier alpha value is -2.07. The number of hydrogen-bond donors (Lipinski definition) is 1. The molecule has 0 atom stereocenters. The van der Waals surface area contributed by atoms with Crippen molar-refractivity contribution in [3.05, 3.63) is 29.8 Å². The number of halogens is 2. The Morgan fingerprint density at radius 2 is 1.58 bits per heavy atom. The number of carbonyl (C=O) groups excluding carboxylic acids is 2. The van der Waals surface area contributed by atoms with Crippen LogP contribution in [0, 0.1) is 23.5 Å². The van der Waals surface area contributed by atoms with Crippen molar-refractivity contribution in [1.29, 1.82) is 0 Å². The lowest BCUT2D eigenvalue weighted by Gasteiger charge is -2.36. The van der Waals surface area contributed by atoms with Gasteiger partial charge in [0.2, 0.25) is 21.8 Å². The van der Waals surface area contributed by atoms with Crippen LogP contribution in [0.2, 0.25) is 0 Å². The van der Waals surface area contributed by atoms with Crippen LogP contribution in [-0.4, -0.2) is 61.7 Å². The number of nitrogens with zero attached hydrogens (tertiary/aromatic N) is 2. The summed E-state index contributed by atoms with van der Waals surface area (Å²) in [5, 5.41) is 2.90. The molecule has 2 fully saturated rings. The Labute approximate surface area is 181 Å². The van der Waals surface area contributed by atoms with Gasteiger partial charge >= 0.3 is 0 Å². The maximum absolute atomic E-state index is 14.0. The normalized spacial score (nSPS) is 19.6. The molecule has 0 bridgehead atoms. The summed E-state index contributed by atoms with van der Waals surface area (Å²) in [7, 11) is -4.17. The molecular weight excluding hydrogens is 428 g/mol. The van der Waals surface area contributed by atoms with Gasteiger partial charge in [-0.2, -0.15) is 4.31 Å². The van der Waals surface area contributed by atoms with Crippen molar-refractivity contribution in [3.8, 4) is 0 Å². The van der Waals surface area contributed by atoms with E-state index >= 15 is 0 Å². The fourth-order valence-electron chi connectivity index (χ4n) is 4.18. The van der Waals surface area contributed by atoms with E-state index in [0.717, 1.165) is 16.4 Å². The standard InChI is InChI=1S/C21H29F2N3O4S/c1-14(2)24-20(27)15-5-9-25(10-6-15)21(28)16-7-11-26(12-8-16)31(29,30)19-13-17(22)3-4-18(19)23/h3-4,13-16H,5-12H2,1-2H3,(H,24,27). The molecule has 1 aromatic carbocycles. The molecule has 10 heteroatoms. The molecule has 2 heterocycles. The van der Waals surface area contributed by atoms with Crippen LogP contribution < -0.4 is 5.32 Å². The smallest absolute Gasteiger partial charge is 0.246 e. The summed E-state index contributed by atoms with van der Waals surface area (Å²) in [4.78, 5) is 26.1. The SMILES string of the molecule is CC(C)NC(=O)C1CCN(C(=O)C2CCN(S(=O)(=O)c3cc(F)ccc3F)CC2)CC1. The van der Waals surface area contributed by atoms with Crippen LogP contribution in [0.15, 0.2) is 23.1 Å². The number of likely N-dealkylation sites (tertiary alicyclic amines) is 1. The van der Waals surface area contributed by atoms with E-state index in [-0.39, 0.29) is 42.8 Å². The molecule has 3 rings (SSSR count). The van der Waals surface area contributed by atoms with E-state index in [1.807, 2.05) is 13.8 Å². The highest BCUT2D eigenvalue weighted by Crippen LogP contribution is 2.28. The number of sulfonamides is 1. The zero-order chi connectivity index (χ0) is 22.8. The second kappa shape index (κ2) is 9.60. The van der Waals surface area contributed by atoms with Crippen LogP contribution in [0.25, 0.3) is 0 Å². The van der Waals surface area contributed by atoms with Crippen LogP contribution in [0.4, 0.5) is 8.78 Å². The fraction of sp³-hybridized carbons (Fsp3) is 0.619. The van der Waals surface area contributed by atoms with E-state index in [9.17, 15) is 26.8 Å². The number of amides is 2. The van der Waals surface area contributed by atoms with Crippen LogP contribution >= 0.6 is 0 Å². The molecule has 0 aromatic heterocycles. The zero-order valence-electron chi connectivity index (χ0n) is 17.8. The average molecular weight is 458 g/mol. The van der Waals surface area contributed by atoms with E-state index in [0.29, 0.717) is 44.8 Å². The number of piperidine rings is 2. The van der Waals surface area contributed by atoms with E-state index < -0.39 is 26.6 Å². The third-order valence-electron chi connectivity index (χ3n) is 5.92. The summed E-state index contributed by atoms with van der Waals surface area (Å²) >= 11 is 0. The monoisotopic (exact) mass is 457 g/mol. The fourth-order valence-corrected chi connectivity index (χ4v) is 5.73. The quantitative estimate of drug-likeness (QED) is 0.734. The van der Waals surface area contributed by atoms with Gasteiger partial charge in [0.25, 0.3) is 0 Å². The van der Waals surface area contributed by atoms with Crippen molar-refractivity contribution in [2.24, 2.45) is 11.8 Å². The Kier molecular flexibility index (Phi) is 7.31. The maximum Gasteiger partial charge on any atom is 0.246 e. The number of hydrogen-bond acceptors (Lipinski definition) is 4. The third kappa shape index (κ3) is 5.41. The molecule has 0 spiro atoms. The first kappa shape index (κ1) is 23.6. The van der Waals surface area contributed by atoms with Crippen molar-refractivity contribution in [2.45, 2.75) is 50.5 Å². The molecule has 0 unspecified atom stereocenters. The van der Waals surface area contributed by atoms with Gasteiger partial charge in [0.1, 0.15) is 16.5 Å². The Balaban J connectivity index is 1.55. The minimum Gasteiger partial charge on any atom is -0.354 e. The van der Waals surface area contributed by atoms with Crippen molar-refractivity contribution < 1.29 is 26.8 Å². The Morgan fingerprint density at radius 1 is 1.00 bits per heavy atom. The first-order valence-corrected chi connectivity index (χ1v) is 12.1. The lowest BCUT2D eigenvalue weighted by molar-refractivity contribution is -0.140. The molecule has 172 valence electrons. The molecule has 31 heavy (non-hydrogen) atoms. The van der Waals surface area contributed by atoms with Crippen LogP contribution in [0.1, 0.15) is 39.5 Å². The van der Waals surface area contributed by atoms with Gasteiger partial charge in [-0.05, 0) is 57.7 Å². The first-order chi connectivity index (χ1) is 14.6. The average Bonchev–Trinajstić information content (AvgIpc) is 2.74. The van der Waals surface area contributed by atoms with Crippen molar-refractivity contribution in [3.63, 3.8) is 0 Å². The molecule has 0 radical (unpaired) electrons. The minimum atomic E-state index is -4.17. The van der Waals surface area contributed by atoms with Gasteiger partial charge in [-0.15, -0.1) is 0 Å². The molecule has 2 aliphatic heterocycles. The van der Waals surface area contributed by atoms with Gasteiger partial charge in [-0.1, -0.05) is 0 Å². The van der Waals surface area contributed by atoms with Gasteiger partial charge in [-0.25, -0.2) is 17.2 Å². The van der Waals surface area contributed by atoms with Crippen molar-refractivity contribution in [1.82, 2.24) is 14.5 Å². The maximum atomic E-state index is 14.0. The highest BCUT2D eigenvalue weighted by molar-refractivity contribution is 7.89. The number of rotatable bonds is 5. The molecule has 2 amide bonds. The molecule has 1 N–H and O–H groups in total. The van der Waals surface area contributed by atoms with Crippen molar-refractivity contribution in [2.75, 3.05) is 26.2 Å². The molecule has 0 saturated carbocycles. The largest absolute Gasteiger partial charge is 0.354 e. The lowest BCUT2D eigenvalue weighted by atomic mass is 9.92. The van der Waals surface area contributed by atoms with Gasteiger partial charge in [0.15, 0.2) is 0 Å². The summed E-state index contributed by atoms with van der Waals surface area (Å²) < 4.78 is 53.9. The third-order valence-corrected chi connectivity index (χ3v) is 7.84. The van der Waals surface area contributed by atoms with Crippen LogP contribution in [0.3, 0.4) is 0 Å². The number of carbonyl (C=O) groups is 2. The number of nitrogens with one attached hydrogen (secondary N) is 1. The van der Waals surface area contributed by atoms with Gasteiger partial charge in [0, 0.05) is 44.1 Å². The second-order valence-corrected chi connectivity index (χ2v) is 10.4. The predicted octanol–water partition coefficient (Wildman–Crippen LogP) is 2.13. The van der Waals surface area contributed by atoms with E-state index in [1.54, 1.807) is 4.90 Å². The summed E-state index contributed by atoms with van der Waals surface area (Å²) in [6, 6.07) is 2.43. The zero-order valence-corrected chi connectivity index (χ0v) is 18.6. The summed E-state index contributed by atoms with van der Waals surface area (Å²) in [6.45, 7) is 4.96. The van der Waals surface area contributed by atoms with Gasteiger partial charge in [-0.3, -0.25) is 9.59 Å². The number of benzene rings is 1. The highest BCUT2D eigenvalue weighted by Gasteiger charge is 2.36. The van der Waals surface area contributed by atoms with Gasteiger partial charge < -0.3 is 10.2 Å². The molecule has 1 aromatic rings. The lowest BCUT2D eigenvalue weighted by Crippen LogP contribution is -2.48. The molecule has 7 nitrogen and oxygen atoms in total. The summed E-state index contributed by atoms with van der Waals surface area (Å²) in [6.07, 6.45) is 1.86. The van der Waals surface area contributed by atoms with E-state index in [4.69, 9.17) is 0 Å². The minimum absolute atomic E-state index is 0.0187. The van der Waals surface area contributed by atoms with E-state index in [2.05, 4.69) is 5.32 Å². The van der Waals surface area contributed by atoms with Gasteiger partial charge in [0.05, 0.1) is 0 Å².